The number of hydrogen-bond acceptors (Lipinski definition) is 3. The van der Waals surface area contributed by atoms with Crippen LogP contribution in [0.3, 0.4) is 0 Å². The largest absolute Gasteiger partial charge is 0.497 e. The zero-order chi connectivity index (χ0) is 23.7. The van der Waals surface area contributed by atoms with Gasteiger partial charge in [-0.3, -0.25) is 9.59 Å². The van der Waals surface area contributed by atoms with Crippen molar-refractivity contribution in [2.75, 3.05) is 20.2 Å². The highest BCUT2D eigenvalue weighted by molar-refractivity contribution is 6.02. The number of amides is 2. The molecule has 2 amide bonds. The summed E-state index contributed by atoms with van der Waals surface area (Å²) < 4.78 is 5.25. The Hall–Kier alpha value is -3.60. The van der Waals surface area contributed by atoms with Crippen molar-refractivity contribution in [3.63, 3.8) is 0 Å². The highest BCUT2D eigenvalue weighted by atomic mass is 16.5. The van der Waals surface area contributed by atoms with Gasteiger partial charge in [0, 0.05) is 29.8 Å². The molecule has 0 aromatic heterocycles. The predicted octanol–water partition coefficient (Wildman–Crippen LogP) is 4.78. The minimum Gasteiger partial charge on any atom is -0.497 e. The molecule has 0 bridgehead atoms. The first-order valence-corrected chi connectivity index (χ1v) is 12.0. The third-order valence-corrected chi connectivity index (χ3v) is 7.10. The van der Waals surface area contributed by atoms with Gasteiger partial charge in [-0.2, -0.15) is 0 Å². The lowest BCUT2D eigenvalue weighted by molar-refractivity contribution is -0.135. The van der Waals surface area contributed by atoms with Crippen molar-refractivity contribution in [3.8, 4) is 5.75 Å². The number of nitrogens with zero attached hydrogens (tertiary/aromatic N) is 2. The van der Waals surface area contributed by atoms with Crippen LogP contribution in [0.2, 0.25) is 0 Å². The summed E-state index contributed by atoms with van der Waals surface area (Å²) >= 11 is 0. The quantitative estimate of drug-likeness (QED) is 0.516. The van der Waals surface area contributed by atoms with Gasteiger partial charge in [0.25, 0.3) is 5.91 Å². The van der Waals surface area contributed by atoms with Gasteiger partial charge in [0.15, 0.2) is 5.66 Å². The normalized spacial score (nSPS) is 18.7. The first-order valence-electron chi connectivity index (χ1n) is 12.0. The van der Waals surface area contributed by atoms with Gasteiger partial charge in [-0.1, -0.05) is 67.9 Å². The Labute approximate surface area is 201 Å². The van der Waals surface area contributed by atoms with Crippen molar-refractivity contribution in [2.24, 2.45) is 0 Å². The van der Waals surface area contributed by atoms with Gasteiger partial charge in [0.2, 0.25) is 5.91 Å². The molecule has 5 rings (SSSR count). The summed E-state index contributed by atoms with van der Waals surface area (Å²) in [5.74, 6) is 0.760. The predicted molar refractivity (Wildman–Crippen MR) is 132 cm³/mol. The van der Waals surface area contributed by atoms with Crippen LogP contribution < -0.4 is 4.74 Å². The van der Waals surface area contributed by atoms with E-state index in [4.69, 9.17) is 4.74 Å². The van der Waals surface area contributed by atoms with Crippen LogP contribution in [0.1, 0.15) is 52.4 Å². The number of aryl methyl sites for hydroxylation is 1. The number of ether oxygens (including phenoxy) is 1. The first-order chi connectivity index (χ1) is 16.6. The summed E-state index contributed by atoms with van der Waals surface area (Å²) in [6, 6.07) is 23.8. The molecule has 174 valence electrons. The molecule has 0 spiro atoms. The van der Waals surface area contributed by atoms with E-state index in [0.717, 1.165) is 41.7 Å². The van der Waals surface area contributed by atoms with Gasteiger partial charge in [-0.25, -0.2) is 0 Å². The first kappa shape index (κ1) is 22.2. The summed E-state index contributed by atoms with van der Waals surface area (Å²) in [5.41, 5.74) is 3.83. The zero-order valence-corrected chi connectivity index (χ0v) is 19.8. The van der Waals surface area contributed by atoms with Crippen molar-refractivity contribution >= 4 is 11.8 Å². The van der Waals surface area contributed by atoms with Gasteiger partial charge in [-0.15, -0.1) is 0 Å². The van der Waals surface area contributed by atoms with Crippen LogP contribution >= 0.6 is 0 Å². The van der Waals surface area contributed by atoms with E-state index >= 15 is 0 Å². The van der Waals surface area contributed by atoms with Crippen molar-refractivity contribution in [1.29, 1.82) is 0 Å². The maximum atomic E-state index is 13.8. The third-order valence-electron chi connectivity index (χ3n) is 7.10. The number of carbonyl (C=O) groups excluding carboxylic acids is 2. The summed E-state index contributed by atoms with van der Waals surface area (Å²) in [4.78, 5) is 31.0. The van der Waals surface area contributed by atoms with Crippen molar-refractivity contribution in [2.45, 2.75) is 38.3 Å². The molecular formula is C29H30N2O3. The average molecular weight is 455 g/mol. The molecule has 0 radical (unpaired) electrons. The molecule has 0 saturated carbocycles. The van der Waals surface area contributed by atoms with Crippen LogP contribution in [-0.2, 0) is 23.3 Å². The fourth-order valence-corrected chi connectivity index (χ4v) is 5.40. The number of methoxy groups -OCH3 is 1. The van der Waals surface area contributed by atoms with E-state index < -0.39 is 5.66 Å². The van der Waals surface area contributed by atoms with Gasteiger partial charge in [-0.05, 0) is 42.2 Å². The molecule has 3 aromatic rings. The standard InChI is InChI=1S/C29H30N2O3/c1-3-4-7-21-10-14-23(15-11-21)29-26-9-6-5-8-25(26)28(33)31(29)19-18-30(29)27(32)20-22-12-16-24(34-2)17-13-22/h5-6,8-17H,3-4,7,18-20H2,1-2H3. The van der Waals surface area contributed by atoms with Crippen molar-refractivity contribution in [1.82, 2.24) is 9.80 Å². The molecule has 34 heavy (non-hydrogen) atoms. The SMILES string of the molecule is CCCCc1ccc(C23c4ccccc4C(=O)N2CCN3C(=O)Cc2ccc(OC)cc2)cc1. The molecule has 1 unspecified atom stereocenters. The van der Waals surface area contributed by atoms with E-state index in [0.29, 0.717) is 18.7 Å². The molecule has 5 nitrogen and oxygen atoms in total. The smallest absolute Gasteiger partial charge is 0.256 e. The second-order valence-electron chi connectivity index (χ2n) is 9.05. The number of fused-ring (bicyclic) bond motifs is 3. The number of hydrogen-bond donors (Lipinski definition) is 0. The van der Waals surface area contributed by atoms with Crippen molar-refractivity contribution in [3.05, 3.63) is 101 Å². The molecule has 2 aliphatic rings. The molecule has 2 heterocycles. The highest BCUT2D eigenvalue weighted by Crippen LogP contribution is 2.49. The number of unbranched alkanes of at least 4 members (excludes halogenated alkanes) is 1. The van der Waals surface area contributed by atoms with Gasteiger partial charge >= 0.3 is 0 Å². The average Bonchev–Trinajstić information content (AvgIpc) is 3.39. The van der Waals surface area contributed by atoms with Crippen molar-refractivity contribution < 1.29 is 14.3 Å². The van der Waals surface area contributed by atoms with E-state index in [9.17, 15) is 9.59 Å². The van der Waals surface area contributed by atoms with E-state index in [1.54, 1.807) is 7.11 Å². The molecule has 1 atom stereocenters. The lowest BCUT2D eigenvalue weighted by Gasteiger charge is -2.40. The Bertz CT molecular complexity index is 1200. The van der Waals surface area contributed by atoms with Gasteiger partial charge in [0.1, 0.15) is 5.75 Å². The summed E-state index contributed by atoms with van der Waals surface area (Å²) in [6.07, 6.45) is 3.59. The summed E-state index contributed by atoms with van der Waals surface area (Å²) in [5, 5.41) is 0. The van der Waals surface area contributed by atoms with Crippen LogP contribution in [0, 0.1) is 0 Å². The van der Waals surface area contributed by atoms with Crippen LogP contribution in [0.5, 0.6) is 5.75 Å². The van der Waals surface area contributed by atoms with Crippen LogP contribution in [0.25, 0.3) is 0 Å². The van der Waals surface area contributed by atoms with E-state index in [1.165, 1.54) is 5.56 Å². The minimum atomic E-state index is -0.902. The number of benzene rings is 3. The van der Waals surface area contributed by atoms with Crippen LogP contribution in [-0.4, -0.2) is 41.8 Å². The third kappa shape index (κ3) is 3.47. The topological polar surface area (TPSA) is 49.9 Å². The molecular weight excluding hydrogens is 424 g/mol. The molecule has 2 aliphatic heterocycles. The Kier molecular flexibility index (Phi) is 5.86. The number of carbonyl (C=O) groups is 2. The fraction of sp³-hybridized carbons (Fsp3) is 0.310. The Morgan fingerprint density at radius 2 is 1.65 bits per heavy atom. The van der Waals surface area contributed by atoms with E-state index in [-0.39, 0.29) is 18.2 Å². The molecule has 5 heteroatoms. The van der Waals surface area contributed by atoms with Gasteiger partial charge < -0.3 is 14.5 Å². The Balaban J connectivity index is 1.56. The fourth-order valence-electron chi connectivity index (χ4n) is 5.40. The lowest BCUT2D eigenvalue weighted by Crippen LogP contribution is -2.52. The second-order valence-corrected chi connectivity index (χ2v) is 9.05. The monoisotopic (exact) mass is 454 g/mol. The Morgan fingerprint density at radius 1 is 0.941 bits per heavy atom. The van der Waals surface area contributed by atoms with Gasteiger partial charge in [0.05, 0.1) is 13.5 Å². The molecule has 1 saturated heterocycles. The highest BCUT2D eigenvalue weighted by Gasteiger charge is 2.59. The summed E-state index contributed by atoms with van der Waals surface area (Å²) in [6.45, 7) is 3.21. The lowest BCUT2D eigenvalue weighted by atomic mass is 9.88. The molecule has 3 aromatic carbocycles. The maximum Gasteiger partial charge on any atom is 0.256 e. The molecule has 1 fully saturated rings. The minimum absolute atomic E-state index is 0.00669. The van der Waals surface area contributed by atoms with E-state index in [2.05, 4.69) is 31.2 Å². The Morgan fingerprint density at radius 3 is 2.35 bits per heavy atom. The number of rotatable bonds is 7. The van der Waals surface area contributed by atoms with E-state index in [1.807, 2.05) is 58.3 Å². The summed E-state index contributed by atoms with van der Waals surface area (Å²) in [7, 11) is 1.63. The van der Waals surface area contributed by atoms with Crippen LogP contribution in [0.15, 0.2) is 72.8 Å². The maximum absolute atomic E-state index is 13.8. The van der Waals surface area contributed by atoms with Crippen LogP contribution in [0.4, 0.5) is 0 Å². The molecule has 0 aliphatic carbocycles. The molecule has 0 N–H and O–H groups in total. The zero-order valence-electron chi connectivity index (χ0n) is 19.8. The second kappa shape index (κ2) is 8.98.